The predicted octanol–water partition coefficient (Wildman–Crippen LogP) is 13.5. The standard InChI is InChI=1S/C54H40N2O2/c1-33-18-23-42(35(3)28-33)40-21-26-45-46-27-22-41(43-24-19-34(2)29-36(43)4)32-51(46)55(50(45)31-40)48-17-11-16-47-52(48)54(58)56(53(47)57)49-30-39(37-12-7-5-8-13-37)20-25-44(49)38-14-9-6-10-15-38/h5-32H,1-4H3. The van der Waals surface area contributed by atoms with Gasteiger partial charge in [0.15, 0.2) is 0 Å². The highest BCUT2D eigenvalue weighted by molar-refractivity contribution is 6.36. The third kappa shape index (κ3) is 5.68. The van der Waals surface area contributed by atoms with Crippen molar-refractivity contribution < 1.29 is 9.59 Å². The second-order valence-electron chi connectivity index (χ2n) is 15.5. The van der Waals surface area contributed by atoms with Gasteiger partial charge >= 0.3 is 0 Å². The molecule has 8 aromatic carbocycles. The van der Waals surface area contributed by atoms with Crippen LogP contribution in [0.1, 0.15) is 43.0 Å². The number of amides is 2. The van der Waals surface area contributed by atoms with E-state index in [0.717, 1.165) is 66.3 Å². The van der Waals surface area contributed by atoms with Gasteiger partial charge in [0, 0.05) is 16.3 Å². The van der Waals surface area contributed by atoms with Gasteiger partial charge in [0.1, 0.15) is 0 Å². The fourth-order valence-corrected chi connectivity index (χ4v) is 8.95. The number of anilines is 1. The lowest BCUT2D eigenvalue weighted by atomic mass is 9.96. The smallest absolute Gasteiger partial charge is 0.268 e. The molecular weight excluding hydrogens is 709 g/mol. The maximum atomic E-state index is 15.2. The molecular formula is C54H40N2O2. The van der Waals surface area contributed by atoms with Crippen molar-refractivity contribution in [2.45, 2.75) is 27.7 Å². The van der Waals surface area contributed by atoms with E-state index >= 15 is 4.79 Å². The lowest BCUT2D eigenvalue weighted by Crippen LogP contribution is -2.30. The van der Waals surface area contributed by atoms with E-state index in [0.29, 0.717) is 22.5 Å². The second-order valence-corrected chi connectivity index (χ2v) is 15.5. The van der Waals surface area contributed by atoms with Gasteiger partial charge in [-0.3, -0.25) is 9.59 Å². The van der Waals surface area contributed by atoms with Crippen LogP contribution in [0.4, 0.5) is 5.69 Å². The molecule has 0 saturated heterocycles. The molecule has 4 nitrogen and oxygen atoms in total. The molecule has 1 aliphatic heterocycles. The molecule has 58 heavy (non-hydrogen) atoms. The minimum absolute atomic E-state index is 0.336. The molecule has 0 bridgehead atoms. The Morgan fingerprint density at radius 2 is 0.897 bits per heavy atom. The van der Waals surface area contributed by atoms with E-state index in [1.54, 1.807) is 6.07 Å². The molecule has 10 rings (SSSR count). The first-order chi connectivity index (χ1) is 28.2. The molecule has 1 aliphatic rings. The molecule has 2 heterocycles. The van der Waals surface area contributed by atoms with E-state index < -0.39 is 0 Å². The molecule has 2 amide bonds. The molecule has 0 saturated carbocycles. The first-order valence-corrected chi connectivity index (χ1v) is 19.8. The van der Waals surface area contributed by atoms with E-state index in [-0.39, 0.29) is 11.8 Å². The molecule has 4 heteroatoms. The van der Waals surface area contributed by atoms with Gasteiger partial charge in [-0.15, -0.1) is 0 Å². The monoisotopic (exact) mass is 748 g/mol. The Bertz CT molecular complexity index is 3030. The summed E-state index contributed by atoms with van der Waals surface area (Å²) in [6, 6.07) is 58.1. The normalized spacial score (nSPS) is 12.5. The van der Waals surface area contributed by atoms with Gasteiger partial charge in [-0.25, -0.2) is 4.90 Å². The Balaban J connectivity index is 1.22. The van der Waals surface area contributed by atoms with Crippen LogP contribution < -0.4 is 4.90 Å². The zero-order valence-electron chi connectivity index (χ0n) is 32.9. The fourth-order valence-electron chi connectivity index (χ4n) is 8.95. The molecule has 0 spiro atoms. The van der Waals surface area contributed by atoms with Crippen LogP contribution in [0.25, 0.3) is 72.0 Å². The number of carbonyl (C=O) groups excluding carboxylic acids is 2. The number of aryl methyl sites for hydroxylation is 4. The molecule has 0 atom stereocenters. The highest BCUT2D eigenvalue weighted by Gasteiger charge is 2.40. The average molecular weight is 749 g/mol. The lowest BCUT2D eigenvalue weighted by molar-refractivity contribution is 0.0926. The molecule has 278 valence electrons. The summed E-state index contributed by atoms with van der Waals surface area (Å²) in [6.07, 6.45) is 0. The van der Waals surface area contributed by atoms with Gasteiger partial charge < -0.3 is 4.57 Å². The number of hydrogen-bond acceptors (Lipinski definition) is 2. The number of hydrogen-bond donors (Lipinski definition) is 0. The molecule has 0 N–H and O–H groups in total. The summed E-state index contributed by atoms with van der Waals surface area (Å²) in [5.74, 6) is -0.680. The zero-order chi connectivity index (χ0) is 39.7. The second kappa shape index (κ2) is 13.7. The summed E-state index contributed by atoms with van der Waals surface area (Å²) in [5, 5.41) is 2.15. The topological polar surface area (TPSA) is 42.3 Å². The maximum Gasteiger partial charge on any atom is 0.268 e. The Morgan fingerprint density at radius 3 is 1.47 bits per heavy atom. The van der Waals surface area contributed by atoms with Gasteiger partial charge in [-0.2, -0.15) is 0 Å². The van der Waals surface area contributed by atoms with Crippen molar-refractivity contribution in [1.82, 2.24) is 4.57 Å². The quantitative estimate of drug-likeness (QED) is 0.159. The zero-order valence-corrected chi connectivity index (χ0v) is 32.9. The summed E-state index contributed by atoms with van der Waals surface area (Å²) in [4.78, 5) is 31.4. The van der Waals surface area contributed by atoms with Crippen LogP contribution in [0, 0.1) is 27.7 Å². The van der Waals surface area contributed by atoms with Crippen LogP contribution in [-0.4, -0.2) is 16.4 Å². The van der Waals surface area contributed by atoms with Gasteiger partial charge in [0.2, 0.25) is 0 Å². The van der Waals surface area contributed by atoms with Crippen molar-refractivity contribution in [3.05, 3.63) is 203 Å². The van der Waals surface area contributed by atoms with Crippen LogP contribution in [0.2, 0.25) is 0 Å². The highest BCUT2D eigenvalue weighted by atomic mass is 16.2. The number of carbonyl (C=O) groups is 2. The fraction of sp³-hybridized carbons (Fsp3) is 0.0741. The molecule has 0 unspecified atom stereocenters. The Kier molecular flexibility index (Phi) is 8.31. The van der Waals surface area contributed by atoms with Gasteiger partial charge in [0.05, 0.1) is 33.5 Å². The van der Waals surface area contributed by atoms with Crippen LogP contribution >= 0.6 is 0 Å². The van der Waals surface area contributed by atoms with Crippen LogP contribution in [0.5, 0.6) is 0 Å². The van der Waals surface area contributed by atoms with E-state index in [4.69, 9.17) is 0 Å². The first kappa shape index (κ1) is 35.1. The lowest BCUT2D eigenvalue weighted by Gasteiger charge is -2.20. The Hall–Kier alpha value is -7.30. The van der Waals surface area contributed by atoms with Crippen molar-refractivity contribution >= 4 is 39.3 Å². The maximum absolute atomic E-state index is 15.2. The van der Waals surface area contributed by atoms with Crippen molar-refractivity contribution in [3.63, 3.8) is 0 Å². The summed E-state index contributed by atoms with van der Waals surface area (Å²) < 4.78 is 2.21. The van der Waals surface area contributed by atoms with Crippen LogP contribution in [0.3, 0.4) is 0 Å². The number of benzene rings is 8. The molecule has 0 aliphatic carbocycles. The molecule has 0 fully saturated rings. The van der Waals surface area contributed by atoms with Gasteiger partial charge in [-0.05, 0) is 108 Å². The summed E-state index contributed by atoms with van der Waals surface area (Å²) in [7, 11) is 0. The summed E-state index contributed by atoms with van der Waals surface area (Å²) in [5.41, 5.74) is 16.9. The third-order valence-electron chi connectivity index (χ3n) is 11.7. The Labute approximate surface area is 338 Å². The highest BCUT2D eigenvalue weighted by Crippen LogP contribution is 2.43. The van der Waals surface area contributed by atoms with E-state index in [2.05, 4.69) is 111 Å². The van der Waals surface area contributed by atoms with Gasteiger partial charge in [0.25, 0.3) is 11.8 Å². The van der Waals surface area contributed by atoms with Crippen molar-refractivity contribution in [2.75, 3.05) is 4.90 Å². The average Bonchev–Trinajstić information content (AvgIpc) is 3.70. The molecule has 1 aromatic heterocycles. The van der Waals surface area contributed by atoms with Crippen molar-refractivity contribution in [1.29, 1.82) is 0 Å². The van der Waals surface area contributed by atoms with Crippen LogP contribution in [0.15, 0.2) is 170 Å². The first-order valence-electron chi connectivity index (χ1n) is 19.8. The van der Waals surface area contributed by atoms with E-state index in [9.17, 15) is 4.79 Å². The van der Waals surface area contributed by atoms with E-state index in [1.807, 2.05) is 84.9 Å². The Morgan fingerprint density at radius 1 is 0.362 bits per heavy atom. The number of imide groups is 1. The van der Waals surface area contributed by atoms with E-state index in [1.165, 1.54) is 27.2 Å². The van der Waals surface area contributed by atoms with Crippen LogP contribution in [-0.2, 0) is 0 Å². The SMILES string of the molecule is Cc1ccc(-c2ccc3c4ccc(-c5ccc(C)cc5C)cc4n(-c4cccc5c4C(=O)N(c4cc(-c6ccccc6)ccc4-c4ccccc4)C5=O)c3c2)c(C)c1. The van der Waals surface area contributed by atoms with Crippen molar-refractivity contribution in [3.8, 4) is 50.2 Å². The van der Waals surface area contributed by atoms with Gasteiger partial charge in [-0.1, -0.05) is 151 Å². The largest absolute Gasteiger partial charge is 0.308 e. The predicted molar refractivity (Wildman–Crippen MR) is 239 cm³/mol. The summed E-state index contributed by atoms with van der Waals surface area (Å²) >= 11 is 0. The minimum atomic E-state index is -0.343. The van der Waals surface area contributed by atoms with Crippen molar-refractivity contribution in [2.24, 2.45) is 0 Å². The molecule has 9 aromatic rings. The number of fused-ring (bicyclic) bond motifs is 4. The number of rotatable bonds is 6. The minimum Gasteiger partial charge on any atom is -0.308 e. The third-order valence-corrected chi connectivity index (χ3v) is 11.7. The number of nitrogens with zero attached hydrogens (tertiary/aromatic N) is 2. The molecule has 0 radical (unpaired) electrons. The summed E-state index contributed by atoms with van der Waals surface area (Å²) in [6.45, 7) is 8.53. The number of aromatic nitrogens is 1.